The SMILES string of the molecule is Cc1c(N(C(=O)c2cc(-c3cc4c(cc3C(=O)N3Cc5ccccc5C[C@H]3CN3CCCCC3)CN(C(=O)OCC3c5ccccc5-c5ccccc53)CC4)n(C)c2C)c2ccc(O[Si](C)(C)C(C)(C)C)cc2)cc(C#N)n1C. The number of fused-ring (bicyclic) bond motifs is 5. The second kappa shape index (κ2) is 21.2. The number of hydrogen-bond donors (Lipinski definition) is 0. The topological polar surface area (TPSA) is 116 Å². The van der Waals surface area contributed by atoms with Crippen LogP contribution in [-0.2, 0) is 44.8 Å². The first-order chi connectivity index (χ1) is 37.9. The first-order valence-corrected chi connectivity index (χ1v) is 31.0. The van der Waals surface area contributed by atoms with Crippen molar-refractivity contribution in [3.8, 4) is 34.2 Å². The number of carbonyl (C=O) groups is 3. The minimum Gasteiger partial charge on any atom is -0.544 e. The van der Waals surface area contributed by atoms with Gasteiger partial charge in [-0.15, -0.1) is 0 Å². The number of nitrogens with zero attached hydrogens (tertiary/aromatic N) is 7. The summed E-state index contributed by atoms with van der Waals surface area (Å²) < 4.78 is 16.7. The number of anilines is 2. The summed E-state index contributed by atoms with van der Waals surface area (Å²) >= 11 is 0. The van der Waals surface area contributed by atoms with Crippen molar-refractivity contribution in [3.63, 3.8) is 0 Å². The summed E-state index contributed by atoms with van der Waals surface area (Å²) in [5.41, 5.74) is 14.6. The van der Waals surface area contributed by atoms with Gasteiger partial charge >= 0.3 is 6.09 Å². The van der Waals surface area contributed by atoms with Crippen LogP contribution in [0.1, 0.15) is 117 Å². The van der Waals surface area contributed by atoms with E-state index >= 15 is 9.59 Å². The van der Waals surface area contributed by atoms with Crippen LogP contribution < -0.4 is 9.33 Å². The van der Waals surface area contributed by atoms with Crippen LogP contribution in [0.5, 0.6) is 5.75 Å². The van der Waals surface area contributed by atoms with Crippen LogP contribution in [-0.4, -0.2) is 88.9 Å². The van der Waals surface area contributed by atoms with Crippen molar-refractivity contribution in [2.24, 2.45) is 14.1 Å². The molecule has 79 heavy (non-hydrogen) atoms. The zero-order valence-electron chi connectivity index (χ0n) is 47.4. The quantitative estimate of drug-likeness (QED) is 0.118. The van der Waals surface area contributed by atoms with Gasteiger partial charge in [0.25, 0.3) is 11.8 Å². The molecule has 1 saturated heterocycles. The molecular weight excluding hydrogens is 999 g/mol. The molecule has 5 heterocycles. The van der Waals surface area contributed by atoms with Crippen LogP contribution in [0.2, 0.25) is 18.1 Å². The average Bonchev–Trinajstić information content (AvgIpc) is 4.19. The molecular formula is C66H73N7O5Si. The summed E-state index contributed by atoms with van der Waals surface area (Å²) in [6.45, 7) is 19.2. The summed E-state index contributed by atoms with van der Waals surface area (Å²) in [5.74, 6) is 0.328. The van der Waals surface area contributed by atoms with E-state index in [0.29, 0.717) is 47.7 Å². The highest BCUT2D eigenvalue weighted by molar-refractivity contribution is 6.74. The summed E-state index contributed by atoms with van der Waals surface area (Å²) in [6.07, 6.45) is 4.46. The summed E-state index contributed by atoms with van der Waals surface area (Å²) in [7, 11) is 1.64. The minimum atomic E-state index is -2.16. The minimum absolute atomic E-state index is 0.00673. The standard InChI is InChI=1S/C66H73N7O5Si/c1-43-57(64(75)73(61-36-50(38-67)68(6)44(61)2)49-25-27-52(28-26-49)78-79(8,9)66(3,4)5)37-62(69(43)7)58-34-46-29-32-71(65(76)77-42-60-55-23-15-13-21-53(55)54-22-14-16-24-56(54)60)39-48(46)35-59(58)63(74)72-40-47-20-12-11-19-45(47)33-51(72)41-70-30-17-10-18-31-70/h11-16,19-28,34-37,51,60H,10,17-18,29-33,39-42H2,1-9H3/t51-/m0/s1. The second-order valence-corrected chi connectivity index (χ2v) is 28.5. The van der Waals surface area contributed by atoms with Gasteiger partial charge in [-0.1, -0.05) is 100.0 Å². The normalized spacial score (nSPS) is 16.4. The molecule has 13 heteroatoms. The smallest absolute Gasteiger partial charge is 0.410 e. The highest BCUT2D eigenvalue weighted by Gasteiger charge is 2.40. The number of nitriles is 1. The Hall–Kier alpha value is -7.66. The fraction of sp³-hybridized carbons (Fsp3) is 0.364. The number of hydrogen-bond acceptors (Lipinski definition) is 7. The van der Waals surface area contributed by atoms with E-state index in [1.165, 1.54) is 23.1 Å². The van der Waals surface area contributed by atoms with E-state index in [-0.39, 0.29) is 48.1 Å². The van der Waals surface area contributed by atoms with E-state index in [0.717, 1.165) is 95.1 Å². The highest BCUT2D eigenvalue weighted by Crippen LogP contribution is 2.45. The lowest BCUT2D eigenvalue weighted by Crippen LogP contribution is -2.51. The third kappa shape index (κ3) is 9.99. The van der Waals surface area contributed by atoms with E-state index in [4.69, 9.17) is 9.16 Å². The molecule has 4 aliphatic rings. The average molecular weight is 1070 g/mol. The van der Waals surface area contributed by atoms with E-state index in [2.05, 4.69) is 116 Å². The van der Waals surface area contributed by atoms with E-state index in [1.54, 1.807) is 15.9 Å². The van der Waals surface area contributed by atoms with Crippen LogP contribution in [0.15, 0.2) is 121 Å². The fourth-order valence-corrected chi connectivity index (χ4v) is 13.2. The molecule has 0 radical (unpaired) electrons. The van der Waals surface area contributed by atoms with Crippen LogP contribution >= 0.6 is 0 Å². The Kier molecular flexibility index (Phi) is 14.3. The Morgan fingerprint density at radius 3 is 2.03 bits per heavy atom. The molecule has 0 spiro atoms. The third-order valence-corrected chi connectivity index (χ3v) is 22.5. The molecule has 11 rings (SSSR count). The van der Waals surface area contributed by atoms with Gasteiger partial charge in [-0.3, -0.25) is 14.5 Å². The number of likely N-dealkylation sites (tertiary alicyclic amines) is 1. The zero-order chi connectivity index (χ0) is 55.5. The maximum atomic E-state index is 16.0. The van der Waals surface area contributed by atoms with Gasteiger partial charge in [0.15, 0.2) is 0 Å². The van der Waals surface area contributed by atoms with E-state index < -0.39 is 8.32 Å². The molecule has 3 aliphatic heterocycles. The molecule has 0 bridgehead atoms. The van der Waals surface area contributed by atoms with Crippen LogP contribution in [0.4, 0.5) is 16.2 Å². The van der Waals surface area contributed by atoms with Crippen molar-refractivity contribution in [1.82, 2.24) is 23.8 Å². The predicted molar refractivity (Wildman–Crippen MR) is 314 cm³/mol. The van der Waals surface area contributed by atoms with Crippen molar-refractivity contribution in [1.29, 1.82) is 5.26 Å². The molecule has 5 aromatic carbocycles. The Morgan fingerprint density at radius 2 is 1.37 bits per heavy atom. The number of amides is 3. The number of rotatable bonds is 11. The Bertz CT molecular complexity index is 3510. The molecule has 0 unspecified atom stereocenters. The number of ether oxygens (including phenoxy) is 1. The van der Waals surface area contributed by atoms with Gasteiger partial charge in [-0.2, -0.15) is 5.26 Å². The van der Waals surface area contributed by atoms with Crippen LogP contribution in [0.25, 0.3) is 22.4 Å². The Balaban J connectivity index is 0.967. The van der Waals surface area contributed by atoms with E-state index in [9.17, 15) is 10.1 Å². The monoisotopic (exact) mass is 1070 g/mol. The summed E-state index contributed by atoms with van der Waals surface area (Å²) in [6, 6.07) is 43.0. The number of benzene rings is 5. The predicted octanol–water partition coefficient (Wildman–Crippen LogP) is 13.2. The first kappa shape index (κ1) is 53.3. The van der Waals surface area contributed by atoms with Crippen molar-refractivity contribution in [2.45, 2.75) is 110 Å². The summed E-state index contributed by atoms with van der Waals surface area (Å²) in [5, 5.41) is 10.2. The Morgan fingerprint density at radius 1 is 0.709 bits per heavy atom. The van der Waals surface area contributed by atoms with Crippen LogP contribution in [0.3, 0.4) is 0 Å². The van der Waals surface area contributed by atoms with Gasteiger partial charge in [0.1, 0.15) is 24.1 Å². The molecule has 1 aliphatic carbocycles. The molecule has 3 amide bonds. The molecule has 1 atom stereocenters. The van der Waals surface area contributed by atoms with Crippen molar-refractivity contribution >= 4 is 37.6 Å². The summed E-state index contributed by atoms with van der Waals surface area (Å²) in [4.78, 5) is 53.9. The number of carbonyl (C=O) groups excluding carboxylic acids is 3. The maximum Gasteiger partial charge on any atom is 0.410 e. The zero-order valence-corrected chi connectivity index (χ0v) is 48.4. The molecule has 7 aromatic rings. The second-order valence-electron chi connectivity index (χ2n) is 23.8. The van der Waals surface area contributed by atoms with Crippen molar-refractivity contribution in [2.75, 3.05) is 37.7 Å². The number of piperidine rings is 1. The molecule has 1 fully saturated rings. The van der Waals surface area contributed by atoms with Gasteiger partial charge in [-0.05, 0) is 164 Å². The Labute approximate surface area is 466 Å². The van der Waals surface area contributed by atoms with Crippen molar-refractivity contribution < 1.29 is 23.5 Å². The van der Waals surface area contributed by atoms with Gasteiger partial charge in [-0.25, -0.2) is 4.79 Å². The lowest BCUT2D eigenvalue weighted by atomic mass is 9.89. The molecule has 2 aromatic heterocycles. The molecule has 0 saturated carbocycles. The first-order valence-electron chi connectivity index (χ1n) is 28.1. The highest BCUT2D eigenvalue weighted by atomic mass is 28.4. The molecule has 0 N–H and O–H groups in total. The lowest BCUT2D eigenvalue weighted by molar-refractivity contribution is 0.0566. The molecule has 406 valence electrons. The van der Waals surface area contributed by atoms with Gasteiger partial charge in [0.2, 0.25) is 8.32 Å². The number of aromatic nitrogens is 2. The molecule has 12 nitrogen and oxygen atoms in total. The third-order valence-electron chi connectivity index (χ3n) is 18.1. The largest absolute Gasteiger partial charge is 0.544 e. The maximum absolute atomic E-state index is 16.0. The van der Waals surface area contributed by atoms with Crippen LogP contribution in [0, 0.1) is 25.2 Å². The van der Waals surface area contributed by atoms with E-state index in [1.807, 2.05) is 85.6 Å². The fourth-order valence-electron chi connectivity index (χ4n) is 12.2. The van der Waals surface area contributed by atoms with Gasteiger partial charge in [0.05, 0.1) is 11.3 Å². The van der Waals surface area contributed by atoms with Gasteiger partial charge < -0.3 is 33.0 Å². The van der Waals surface area contributed by atoms with Gasteiger partial charge in [0, 0.05) is 86.1 Å². The van der Waals surface area contributed by atoms with Crippen molar-refractivity contribution in [3.05, 3.63) is 183 Å². The lowest BCUT2D eigenvalue weighted by Gasteiger charge is -2.41.